The van der Waals surface area contributed by atoms with E-state index in [1.54, 1.807) is 12.1 Å². The van der Waals surface area contributed by atoms with Crippen molar-refractivity contribution in [3.8, 4) is 0 Å². The van der Waals surface area contributed by atoms with Crippen LogP contribution in [-0.4, -0.2) is 5.91 Å². The second kappa shape index (κ2) is 8.75. The summed E-state index contributed by atoms with van der Waals surface area (Å²) in [6.07, 6.45) is 0. The maximum atomic E-state index is 12.3. The lowest BCUT2D eigenvalue weighted by Crippen LogP contribution is -2.12. The number of para-hydroxylation sites is 1. The molecule has 0 radical (unpaired) electrons. The highest BCUT2D eigenvalue weighted by Gasteiger charge is 2.08. The molecule has 0 unspecified atom stereocenters. The van der Waals surface area contributed by atoms with Crippen LogP contribution in [0.1, 0.15) is 21.5 Å². The van der Waals surface area contributed by atoms with Gasteiger partial charge < -0.3 is 5.32 Å². The van der Waals surface area contributed by atoms with Crippen molar-refractivity contribution in [1.82, 2.24) is 0 Å². The lowest BCUT2D eigenvalue weighted by molar-refractivity contribution is 0.102. The summed E-state index contributed by atoms with van der Waals surface area (Å²) in [5, 5.41) is 3.37. The van der Waals surface area contributed by atoms with E-state index < -0.39 is 0 Å². The summed E-state index contributed by atoms with van der Waals surface area (Å²) in [6, 6.07) is 25.3. The number of anilines is 1. The van der Waals surface area contributed by atoms with Gasteiger partial charge in [0.25, 0.3) is 5.91 Å². The molecule has 126 valence electrons. The highest BCUT2D eigenvalue weighted by atomic mass is 35.5. The maximum Gasteiger partial charge on any atom is 0.255 e. The van der Waals surface area contributed by atoms with Crippen LogP contribution in [0.2, 0.25) is 5.02 Å². The van der Waals surface area contributed by atoms with E-state index in [-0.39, 0.29) is 5.91 Å². The number of rotatable bonds is 6. The third kappa shape index (κ3) is 5.12. The van der Waals surface area contributed by atoms with E-state index >= 15 is 0 Å². The SMILES string of the molecule is O=C(Nc1ccccc1Cl)c1ccc(CSCc2ccccc2)cc1. The van der Waals surface area contributed by atoms with Gasteiger partial charge in [-0.05, 0) is 35.4 Å². The van der Waals surface area contributed by atoms with Gasteiger partial charge in [0.2, 0.25) is 0 Å². The van der Waals surface area contributed by atoms with Crippen molar-refractivity contribution >= 4 is 35.0 Å². The molecule has 0 heterocycles. The summed E-state index contributed by atoms with van der Waals surface area (Å²) in [7, 11) is 0. The minimum Gasteiger partial charge on any atom is -0.321 e. The van der Waals surface area contributed by atoms with Crippen LogP contribution >= 0.6 is 23.4 Å². The van der Waals surface area contributed by atoms with Gasteiger partial charge in [0.1, 0.15) is 0 Å². The number of nitrogens with one attached hydrogen (secondary N) is 1. The summed E-state index contributed by atoms with van der Waals surface area (Å²) in [5.74, 6) is 1.74. The van der Waals surface area contributed by atoms with Crippen molar-refractivity contribution in [2.75, 3.05) is 5.32 Å². The van der Waals surface area contributed by atoms with Crippen molar-refractivity contribution < 1.29 is 4.79 Å². The van der Waals surface area contributed by atoms with Gasteiger partial charge in [-0.3, -0.25) is 4.79 Å². The van der Waals surface area contributed by atoms with E-state index in [9.17, 15) is 4.79 Å². The Kier molecular flexibility index (Phi) is 6.15. The molecule has 1 N–H and O–H groups in total. The molecule has 0 saturated heterocycles. The predicted octanol–water partition coefficient (Wildman–Crippen LogP) is 6.03. The third-order valence-electron chi connectivity index (χ3n) is 3.72. The van der Waals surface area contributed by atoms with Crippen LogP contribution in [-0.2, 0) is 11.5 Å². The van der Waals surface area contributed by atoms with E-state index in [1.807, 2.05) is 54.2 Å². The van der Waals surface area contributed by atoms with Crippen LogP contribution < -0.4 is 5.32 Å². The molecule has 3 rings (SSSR count). The Balaban J connectivity index is 1.54. The normalized spacial score (nSPS) is 10.4. The summed E-state index contributed by atoms with van der Waals surface area (Å²) >= 11 is 7.93. The first kappa shape index (κ1) is 17.6. The van der Waals surface area contributed by atoms with Gasteiger partial charge in [0, 0.05) is 17.1 Å². The summed E-state index contributed by atoms with van der Waals surface area (Å²) in [4.78, 5) is 12.3. The molecule has 2 nitrogen and oxygen atoms in total. The van der Waals surface area contributed by atoms with E-state index in [2.05, 4.69) is 29.6 Å². The zero-order valence-corrected chi connectivity index (χ0v) is 15.2. The third-order valence-corrected chi connectivity index (χ3v) is 5.12. The number of benzene rings is 3. The number of amides is 1. The van der Waals surface area contributed by atoms with Crippen LogP contribution in [0.3, 0.4) is 0 Å². The maximum absolute atomic E-state index is 12.3. The molecule has 0 aromatic heterocycles. The van der Waals surface area contributed by atoms with E-state index in [0.717, 1.165) is 11.5 Å². The number of thioether (sulfide) groups is 1. The van der Waals surface area contributed by atoms with Crippen LogP contribution in [0.5, 0.6) is 0 Å². The van der Waals surface area contributed by atoms with Crippen LogP contribution in [0, 0.1) is 0 Å². The smallest absolute Gasteiger partial charge is 0.255 e. The largest absolute Gasteiger partial charge is 0.321 e. The van der Waals surface area contributed by atoms with Crippen molar-refractivity contribution in [3.05, 3.63) is 101 Å². The fourth-order valence-corrected chi connectivity index (χ4v) is 3.51. The molecular formula is C21H18ClNOS. The number of hydrogen-bond donors (Lipinski definition) is 1. The Labute approximate surface area is 157 Å². The monoisotopic (exact) mass is 367 g/mol. The first-order valence-corrected chi connectivity index (χ1v) is 9.52. The molecule has 0 aliphatic carbocycles. The van der Waals surface area contributed by atoms with Crippen molar-refractivity contribution in [1.29, 1.82) is 0 Å². The fraction of sp³-hybridized carbons (Fsp3) is 0.0952. The second-order valence-corrected chi connectivity index (χ2v) is 7.00. The summed E-state index contributed by atoms with van der Waals surface area (Å²) in [6.45, 7) is 0. The average molecular weight is 368 g/mol. The van der Waals surface area contributed by atoms with Crippen LogP contribution in [0.15, 0.2) is 78.9 Å². The second-order valence-electron chi connectivity index (χ2n) is 5.61. The van der Waals surface area contributed by atoms with E-state index in [4.69, 9.17) is 11.6 Å². The highest BCUT2D eigenvalue weighted by molar-refractivity contribution is 7.97. The number of carbonyl (C=O) groups is 1. The van der Waals surface area contributed by atoms with Crippen LogP contribution in [0.4, 0.5) is 5.69 Å². The quantitative estimate of drug-likeness (QED) is 0.576. The Bertz CT molecular complexity index is 834. The number of hydrogen-bond acceptors (Lipinski definition) is 2. The molecule has 0 aliphatic heterocycles. The lowest BCUT2D eigenvalue weighted by Gasteiger charge is -2.08. The minimum atomic E-state index is -0.156. The highest BCUT2D eigenvalue weighted by Crippen LogP contribution is 2.22. The Morgan fingerprint density at radius 3 is 2.08 bits per heavy atom. The first-order valence-electron chi connectivity index (χ1n) is 7.99. The van der Waals surface area contributed by atoms with Crippen molar-refractivity contribution in [3.63, 3.8) is 0 Å². The first-order chi connectivity index (χ1) is 12.2. The van der Waals surface area contributed by atoms with Gasteiger partial charge >= 0.3 is 0 Å². The van der Waals surface area contributed by atoms with Gasteiger partial charge in [-0.2, -0.15) is 11.8 Å². The average Bonchev–Trinajstić information content (AvgIpc) is 2.65. The lowest BCUT2D eigenvalue weighted by atomic mass is 10.1. The zero-order valence-electron chi connectivity index (χ0n) is 13.6. The van der Waals surface area contributed by atoms with Gasteiger partial charge in [0.15, 0.2) is 0 Å². The molecule has 3 aromatic carbocycles. The van der Waals surface area contributed by atoms with Crippen molar-refractivity contribution in [2.24, 2.45) is 0 Å². The van der Waals surface area contributed by atoms with Gasteiger partial charge in [0.05, 0.1) is 10.7 Å². The predicted molar refractivity (Wildman–Crippen MR) is 107 cm³/mol. The van der Waals surface area contributed by atoms with Gasteiger partial charge in [-0.1, -0.05) is 66.2 Å². The topological polar surface area (TPSA) is 29.1 Å². The van der Waals surface area contributed by atoms with Gasteiger partial charge in [-0.25, -0.2) is 0 Å². The van der Waals surface area contributed by atoms with Gasteiger partial charge in [-0.15, -0.1) is 0 Å². The molecule has 1 amide bonds. The molecule has 0 saturated carbocycles. The molecule has 0 bridgehead atoms. The Morgan fingerprint density at radius 1 is 0.800 bits per heavy atom. The fourth-order valence-electron chi connectivity index (χ4n) is 2.37. The Hall–Kier alpha value is -2.23. The van der Waals surface area contributed by atoms with E-state index in [1.165, 1.54) is 11.1 Å². The summed E-state index contributed by atoms with van der Waals surface area (Å²) in [5.41, 5.74) is 3.77. The number of carbonyl (C=O) groups excluding carboxylic acids is 1. The standard InChI is InChI=1S/C21H18ClNOS/c22-19-8-4-5-9-20(19)23-21(24)18-12-10-17(11-13-18)15-25-14-16-6-2-1-3-7-16/h1-13H,14-15H2,(H,23,24). The molecule has 4 heteroatoms. The minimum absolute atomic E-state index is 0.156. The molecule has 3 aromatic rings. The molecule has 25 heavy (non-hydrogen) atoms. The molecule has 0 fully saturated rings. The number of halogens is 1. The molecule has 0 atom stereocenters. The molecule has 0 spiro atoms. The van der Waals surface area contributed by atoms with Crippen LogP contribution in [0.25, 0.3) is 0 Å². The molecule has 0 aliphatic rings. The van der Waals surface area contributed by atoms with Crippen molar-refractivity contribution in [2.45, 2.75) is 11.5 Å². The molecular weight excluding hydrogens is 350 g/mol. The zero-order chi connectivity index (χ0) is 17.5. The Morgan fingerprint density at radius 2 is 1.40 bits per heavy atom. The van der Waals surface area contributed by atoms with E-state index in [0.29, 0.717) is 16.3 Å². The summed E-state index contributed by atoms with van der Waals surface area (Å²) < 4.78 is 0.